The standard InChI is InChI=1S/C16H16N4OS2/c1-11-17-13(10-22-11)15(21)19-6-8-20(9-7-19)16-18-12-4-2-3-5-14(12)23-16/h2-5,10H,6-9H2,1H3. The molecule has 4 rings (SSSR count). The molecule has 1 aliphatic rings. The van der Waals surface area contributed by atoms with Crippen LogP contribution in [0.5, 0.6) is 0 Å². The highest BCUT2D eigenvalue weighted by Crippen LogP contribution is 2.29. The maximum absolute atomic E-state index is 12.4. The van der Waals surface area contributed by atoms with Crippen molar-refractivity contribution in [2.75, 3.05) is 31.1 Å². The van der Waals surface area contributed by atoms with Crippen LogP contribution < -0.4 is 4.90 Å². The summed E-state index contributed by atoms with van der Waals surface area (Å²) < 4.78 is 1.21. The van der Waals surface area contributed by atoms with Crippen molar-refractivity contribution in [2.24, 2.45) is 0 Å². The van der Waals surface area contributed by atoms with E-state index < -0.39 is 0 Å². The number of para-hydroxylation sites is 1. The lowest BCUT2D eigenvalue weighted by atomic mass is 10.3. The summed E-state index contributed by atoms with van der Waals surface area (Å²) in [6.07, 6.45) is 0. The van der Waals surface area contributed by atoms with Crippen molar-refractivity contribution in [3.8, 4) is 0 Å². The second kappa shape index (κ2) is 5.90. The largest absolute Gasteiger partial charge is 0.345 e. The Bertz CT molecular complexity index is 816. The van der Waals surface area contributed by atoms with E-state index in [1.165, 1.54) is 16.0 Å². The van der Waals surface area contributed by atoms with Crippen molar-refractivity contribution in [3.63, 3.8) is 0 Å². The van der Waals surface area contributed by atoms with Gasteiger partial charge >= 0.3 is 0 Å². The molecule has 3 aromatic rings. The van der Waals surface area contributed by atoms with Gasteiger partial charge in [-0.05, 0) is 19.1 Å². The maximum Gasteiger partial charge on any atom is 0.273 e. The van der Waals surface area contributed by atoms with E-state index in [4.69, 9.17) is 4.98 Å². The van der Waals surface area contributed by atoms with E-state index in [-0.39, 0.29) is 5.91 Å². The number of hydrogen-bond donors (Lipinski definition) is 0. The van der Waals surface area contributed by atoms with Gasteiger partial charge in [-0.2, -0.15) is 0 Å². The van der Waals surface area contributed by atoms with Crippen LogP contribution in [0, 0.1) is 6.92 Å². The average molecular weight is 344 g/mol. The normalized spacial score (nSPS) is 15.3. The fourth-order valence-electron chi connectivity index (χ4n) is 2.72. The number of benzene rings is 1. The van der Waals surface area contributed by atoms with Gasteiger partial charge in [-0.15, -0.1) is 11.3 Å². The third-order valence-corrected chi connectivity index (χ3v) is 5.83. The van der Waals surface area contributed by atoms with E-state index in [2.05, 4.69) is 16.0 Å². The molecule has 1 aliphatic heterocycles. The van der Waals surface area contributed by atoms with E-state index in [1.807, 2.05) is 35.4 Å². The number of piperazine rings is 1. The summed E-state index contributed by atoms with van der Waals surface area (Å²) in [5, 5.41) is 3.82. The summed E-state index contributed by atoms with van der Waals surface area (Å²) in [7, 11) is 0. The Hall–Kier alpha value is -1.99. The number of carbonyl (C=O) groups excluding carboxylic acids is 1. The van der Waals surface area contributed by atoms with Crippen LogP contribution in [-0.4, -0.2) is 47.0 Å². The first-order valence-corrected chi connectivity index (χ1v) is 9.22. The minimum atomic E-state index is 0.0401. The van der Waals surface area contributed by atoms with Gasteiger partial charge in [0.05, 0.1) is 15.2 Å². The number of rotatable bonds is 2. The van der Waals surface area contributed by atoms with Crippen molar-refractivity contribution in [2.45, 2.75) is 6.92 Å². The predicted octanol–water partition coefficient (Wildman–Crippen LogP) is 3.02. The second-order valence-corrected chi connectivity index (χ2v) is 7.57. The van der Waals surface area contributed by atoms with Crippen molar-refractivity contribution in [1.29, 1.82) is 0 Å². The Balaban J connectivity index is 1.45. The van der Waals surface area contributed by atoms with Gasteiger partial charge in [-0.3, -0.25) is 4.79 Å². The van der Waals surface area contributed by atoms with Crippen molar-refractivity contribution >= 4 is 43.9 Å². The summed E-state index contributed by atoms with van der Waals surface area (Å²) >= 11 is 3.23. The summed E-state index contributed by atoms with van der Waals surface area (Å²) in [5.74, 6) is 0.0401. The number of carbonyl (C=O) groups is 1. The van der Waals surface area contributed by atoms with E-state index in [0.29, 0.717) is 18.8 Å². The molecule has 23 heavy (non-hydrogen) atoms. The summed E-state index contributed by atoms with van der Waals surface area (Å²) in [6.45, 7) is 4.98. The first-order chi connectivity index (χ1) is 11.2. The molecule has 0 unspecified atom stereocenters. The highest BCUT2D eigenvalue weighted by molar-refractivity contribution is 7.22. The zero-order valence-corrected chi connectivity index (χ0v) is 14.4. The Morgan fingerprint density at radius 1 is 1.13 bits per heavy atom. The van der Waals surface area contributed by atoms with Crippen LogP contribution in [0.1, 0.15) is 15.5 Å². The van der Waals surface area contributed by atoms with Gasteiger partial charge in [0, 0.05) is 31.6 Å². The molecule has 0 atom stereocenters. The van der Waals surface area contributed by atoms with Gasteiger partial charge in [0.2, 0.25) is 0 Å². The molecule has 3 heterocycles. The van der Waals surface area contributed by atoms with Crippen LogP contribution in [0.4, 0.5) is 5.13 Å². The predicted molar refractivity (Wildman–Crippen MR) is 94.6 cm³/mol. The molecule has 0 spiro atoms. The molecule has 7 heteroatoms. The highest BCUT2D eigenvalue weighted by atomic mass is 32.1. The molecule has 0 aliphatic carbocycles. The lowest BCUT2D eigenvalue weighted by Gasteiger charge is -2.34. The number of aryl methyl sites for hydroxylation is 1. The van der Waals surface area contributed by atoms with Gasteiger partial charge in [-0.25, -0.2) is 9.97 Å². The Kier molecular flexibility index (Phi) is 3.74. The highest BCUT2D eigenvalue weighted by Gasteiger charge is 2.25. The van der Waals surface area contributed by atoms with Crippen LogP contribution >= 0.6 is 22.7 Å². The SMILES string of the molecule is Cc1nc(C(=O)N2CCN(c3nc4ccccc4s3)CC2)cs1. The Morgan fingerprint density at radius 3 is 2.61 bits per heavy atom. The average Bonchev–Trinajstić information content (AvgIpc) is 3.20. The molecule has 0 N–H and O–H groups in total. The number of hydrogen-bond acceptors (Lipinski definition) is 6. The zero-order chi connectivity index (χ0) is 15.8. The smallest absolute Gasteiger partial charge is 0.273 e. The molecular weight excluding hydrogens is 328 g/mol. The first-order valence-electron chi connectivity index (χ1n) is 7.52. The molecule has 1 fully saturated rings. The molecule has 1 aromatic carbocycles. The number of fused-ring (bicyclic) bond motifs is 1. The van der Waals surface area contributed by atoms with E-state index in [1.54, 1.807) is 11.3 Å². The van der Waals surface area contributed by atoms with Crippen LogP contribution in [0.25, 0.3) is 10.2 Å². The van der Waals surface area contributed by atoms with Crippen molar-refractivity contribution < 1.29 is 4.79 Å². The number of anilines is 1. The van der Waals surface area contributed by atoms with E-state index >= 15 is 0 Å². The molecule has 1 amide bonds. The van der Waals surface area contributed by atoms with E-state index in [0.717, 1.165) is 28.7 Å². The van der Waals surface area contributed by atoms with Gasteiger partial charge in [0.1, 0.15) is 5.69 Å². The van der Waals surface area contributed by atoms with Gasteiger partial charge in [-0.1, -0.05) is 23.5 Å². The Morgan fingerprint density at radius 2 is 1.91 bits per heavy atom. The lowest BCUT2D eigenvalue weighted by Crippen LogP contribution is -2.48. The van der Waals surface area contributed by atoms with E-state index in [9.17, 15) is 4.79 Å². The first kappa shape index (κ1) is 14.6. The lowest BCUT2D eigenvalue weighted by molar-refractivity contribution is 0.0741. The zero-order valence-electron chi connectivity index (χ0n) is 12.7. The molecular formula is C16H16N4OS2. The number of thiazole rings is 2. The van der Waals surface area contributed by atoms with Gasteiger partial charge < -0.3 is 9.80 Å². The van der Waals surface area contributed by atoms with Crippen LogP contribution in [0.3, 0.4) is 0 Å². The maximum atomic E-state index is 12.4. The number of aromatic nitrogens is 2. The topological polar surface area (TPSA) is 49.3 Å². The summed E-state index contributed by atoms with van der Waals surface area (Å²) in [5.41, 5.74) is 1.62. The molecule has 2 aromatic heterocycles. The second-order valence-electron chi connectivity index (χ2n) is 5.50. The monoisotopic (exact) mass is 344 g/mol. The summed E-state index contributed by atoms with van der Waals surface area (Å²) in [4.78, 5) is 25.6. The van der Waals surface area contributed by atoms with Crippen LogP contribution in [0.2, 0.25) is 0 Å². The molecule has 0 bridgehead atoms. The molecule has 0 saturated carbocycles. The molecule has 5 nitrogen and oxygen atoms in total. The van der Waals surface area contributed by atoms with Crippen LogP contribution in [0.15, 0.2) is 29.6 Å². The fraction of sp³-hybridized carbons (Fsp3) is 0.312. The third-order valence-electron chi connectivity index (χ3n) is 3.96. The molecule has 118 valence electrons. The quantitative estimate of drug-likeness (QED) is 0.717. The minimum Gasteiger partial charge on any atom is -0.345 e. The number of amides is 1. The number of nitrogens with zero attached hydrogens (tertiary/aromatic N) is 4. The molecule has 1 saturated heterocycles. The molecule has 0 radical (unpaired) electrons. The van der Waals surface area contributed by atoms with Crippen molar-refractivity contribution in [1.82, 2.24) is 14.9 Å². The van der Waals surface area contributed by atoms with Gasteiger partial charge in [0.15, 0.2) is 5.13 Å². The summed E-state index contributed by atoms with van der Waals surface area (Å²) in [6, 6.07) is 8.19. The van der Waals surface area contributed by atoms with Crippen LogP contribution in [-0.2, 0) is 0 Å². The Labute approximate surface area is 142 Å². The fourth-order valence-corrected chi connectivity index (χ4v) is 4.32. The minimum absolute atomic E-state index is 0.0401. The third kappa shape index (κ3) is 2.82. The van der Waals surface area contributed by atoms with Crippen molar-refractivity contribution in [3.05, 3.63) is 40.3 Å². The van der Waals surface area contributed by atoms with Gasteiger partial charge in [0.25, 0.3) is 5.91 Å².